The third-order valence-corrected chi connectivity index (χ3v) is 1.57. The lowest BCUT2D eigenvalue weighted by Crippen LogP contribution is -1.60. The fourth-order valence-corrected chi connectivity index (χ4v) is 0.857. The highest BCUT2D eigenvalue weighted by molar-refractivity contribution is 5.05. The smallest absolute Gasteiger partial charge is 0.0166 e. The zero-order valence-electron chi connectivity index (χ0n) is 8.74. The molecule has 0 radical (unpaired) electrons. The van der Waals surface area contributed by atoms with E-state index >= 15 is 0 Å². The van der Waals surface area contributed by atoms with Crippen molar-refractivity contribution >= 4 is 0 Å². The Morgan fingerprint density at radius 3 is 2.00 bits per heavy atom. The van der Waals surface area contributed by atoms with E-state index in [0.717, 1.165) is 19.3 Å². The van der Waals surface area contributed by atoms with Crippen LogP contribution in [0.15, 0.2) is 48.6 Å². The summed E-state index contributed by atoms with van der Waals surface area (Å²) in [4.78, 5) is 0. The zero-order valence-corrected chi connectivity index (χ0v) is 8.74. The SMILES string of the molecule is CC=CCC=CCC=CC=CCC. The molecule has 0 amide bonds. The maximum Gasteiger partial charge on any atom is -0.0166 e. The van der Waals surface area contributed by atoms with E-state index in [2.05, 4.69) is 55.5 Å². The molecule has 0 saturated heterocycles. The first-order valence-corrected chi connectivity index (χ1v) is 4.99. The molecule has 0 unspecified atom stereocenters. The Bertz CT molecular complexity index is 192. The lowest BCUT2D eigenvalue weighted by atomic mass is 10.3. The average Bonchev–Trinajstić information content (AvgIpc) is 2.16. The molecular weight excluding hydrogens is 156 g/mol. The number of allylic oxidation sites excluding steroid dienone is 8. The Labute approximate surface area is 82.4 Å². The Hall–Kier alpha value is -1.04. The van der Waals surface area contributed by atoms with Crippen LogP contribution in [-0.2, 0) is 0 Å². The number of hydrogen-bond acceptors (Lipinski definition) is 0. The van der Waals surface area contributed by atoms with Crippen molar-refractivity contribution in [2.45, 2.75) is 33.1 Å². The van der Waals surface area contributed by atoms with Crippen molar-refractivity contribution in [3.8, 4) is 0 Å². The molecule has 0 fully saturated rings. The largest absolute Gasteiger partial charge is 0.0914 e. The van der Waals surface area contributed by atoms with E-state index < -0.39 is 0 Å². The van der Waals surface area contributed by atoms with Gasteiger partial charge in [-0.1, -0.05) is 55.5 Å². The fraction of sp³-hybridized carbons (Fsp3) is 0.385. The molecule has 0 N–H and O–H groups in total. The van der Waals surface area contributed by atoms with Crippen LogP contribution >= 0.6 is 0 Å². The molecule has 0 aromatic carbocycles. The summed E-state index contributed by atoms with van der Waals surface area (Å²) in [6.45, 7) is 4.19. The normalized spacial score (nSPS) is 13.1. The molecule has 0 heterocycles. The van der Waals surface area contributed by atoms with Gasteiger partial charge in [-0.05, 0) is 26.2 Å². The fourth-order valence-electron chi connectivity index (χ4n) is 0.857. The van der Waals surface area contributed by atoms with Gasteiger partial charge in [0.1, 0.15) is 0 Å². The van der Waals surface area contributed by atoms with Crippen LogP contribution in [0.4, 0.5) is 0 Å². The molecule has 0 saturated carbocycles. The van der Waals surface area contributed by atoms with Crippen LogP contribution in [0, 0.1) is 0 Å². The molecule has 72 valence electrons. The van der Waals surface area contributed by atoms with Crippen molar-refractivity contribution in [3.63, 3.8) is 0 Å². The van der Waals surface area contributed by atoms with Gasteiger partial charge in [0.2, 0.25) is 0 Å². The van der Waals surface area contributed by atoms with Crippen molar-refractivity contribution < 1.29 is 0 Å². The third-order valence-electron chi connectivity index (χ3n) is 1.57. The van der Waals surface area contributed by atoms with Gasteiger partial charge in [-0.3, -0.25) is 0 Å². The summed E-state index contributed by atoms with van der Waals surface area (Å²) in [5.74, 6) is 0. The summed E-state index contributed by atoms with van der Waals surface area (Å²) >= 11 is 0. The molecule has 0 aliphatic heterocycles. The molecule has 0 atom stereocenters. The van der Waals surface area contributed by atoms with Gasteiger partial charge < -0.3 is 0 Å². The predicted octanol–water partition coefficient (Wildman–Crippen LogP) is 4.42. The summed E-state index contributed by atoms with van der Waals surface area (Å²) in [6.07, 6.45) is 20.3. The lowest BCUT2D eigenvalue weighted by Gasteiger charge is -1.81. The quantitative estimate of drug-likeness (QED) is 0.415. The van der Waals surface area contributed by atoms with Gasteiger partial charge >= 0.3 is 0 Å². The minimum absolute atomic E-state index is 1.03. The molecule has 0 nitrogen and oxygen atoms in total. The maximum absolute atomic E-state index is 2.19. The maximum atomic E-state index is 2.19. The van der Waals surface area contributed by atoms with Crippen LogP contribution in [0.25, 0.3) is 0 Å². The van der Waals surface area contributed by atoms with E-state index in [4.69, 9.17) is 0 Å². The summed E-state index contributed by atoms with van der Waals surface area (Å²) in [5, 5.41) is 0. The second-order valence-corrected chi connectivity index (χ2v) is 2.78. The summed E-state index contributed by atoms with van der Waals surface area (Å²) in [7, 11) is 0. The predicted molar refractivity (Wildman–Crippen MR) is 61.8 cm³/mol. The lowest BCUT2D eigenvalue weighted by molar-refractivity contribution is 1.22. The Kier molecular flexibility index (Phi) is 10.1. The molecule has 0 spiro atoms. The summed E-state index contributed by atoms with van der Waals surface area (Å²) in [6, 6.07) is 0. The standard InChI is InChI=1S/C13H20/c1-3-5-7-9-11-13-12-10-8-6-4-2/h3,5-6,8-12H,4,7,13H2,1-2H3. The van der Waals surface area contributed by atoms with E-state index in [1.54, 1.807) is 0 Å². The van der Waals surface area contributed by atoms with Crippen molar-refractivity contribution in [1.82, 2.24) is 0 Å². The number of hydrogen-bond donors (Lipinski definition) is 0. The molecule has 0 aromatic heterocycles. The molecule has 0 heteroatoms. The Balaban J connectivity index is 3.38. The highest BCUT2D eigenvalue weighted by Gasteiger charge is 1.70. The van der Waals surface area contributed by atoms with Gasteiger partial charge in [-0.15, -0.1) is 0 Å². The first-order chi connectivity index (χ1) is 6.41. The minimum Gasteiger partial charge on any atom is -0.0914 e. The van der Waals surface area contributed by atoms with Crippen LogP contribution in [0.2, 0.25) is 0 Å². The molecule has 0 aliphatic carbocycles. The summed E-state index contributed by atoms with van der Waals surface area (Å²) < 4.78 is 0. The summed E-state index contributed by atoms with van der Waals surface area (Å²) in [5.41, 5.74) is 0. The highest BCUT2D eigenvalue weighted by Crippen LogP contribution is 1.91. The van der Waals surface area contributed by atoms with E-state index in [1.807, 2.05) is 6.92 Å². The van der Waals surface area contributed by atoms with E-state index in [9.17, 15) is 0 Å². The zero-order chi connectivity index (χ0) is 9.78. The molecule has 0 aromatic rings. The molecule has 0 aliphatic rings. The van der Waals surface area contributed by atoms with Crippen molar-refractivity contribution in [2.75, 3.05) is 0 Å². The van der Waals surface area contributed by atoms with Crippen LogP contribution in [0.5, 0.6) is 0 Å². The second-order valence-electron chi connectivity index (χ2n) is 2.78. The van der Waals surface area contributed by atoms with E-state index in [-0.39, 0.29) is 0 Å². The van der Waals surface area contributed by atoms with Gasteiger partial charge in [-0.25, -0.2) is 0 Å². The van der Waals surface area contributed by atoms with Crippen molar-refractivity contribution in [1.29, 1.82) is 0 Å². The first-order valence-electron chi connectivity index (χ1n) is 4.99. The topological polar surface area (TPSA) is 0 Å². The molecular formula is C13H20. The van der Waals surface area contributed by atoms with E-state index in [0.29, 0.717) is 0 Å². The van der Waals surface area contributed by atoms with Gasteiger partial charge in [0.05, 0.1) is 0 Å². The molecule has 0 bridgehead atoms. The van der Waals surface area contributed by atoms with Crippen LogP contribution < -0.4 is 0 Å². The van der Waals surface area contributed by atoms with Crippen molar-refractivity contribution in [3.05, 3.63) is 48.6 Å². The molecule has 13 heavy (non-hydrogen) atoms. The van der Waals surface area contributed by atoms with Gasteiger partial charge in [0.25, 0.3) is 0 Å². The monoisotopic (exact) mass is 176 g/mol. The van der Waals surface area contributed by atoms with Crippen LogP contribution in [-0.4, -0.2) is 0 Å². The van der Waals surface area contributed by atoms with Crippen molar-refractivity contribution in [2.24, 2.45) is 0 Å². The van der Waals surface area contributed by atoms with Gasteiger partial charge in [-0.2, -0.15) is 0 Å². The van der Waals surface area contributed by atoms with E-state index in [1.165, 1.54) is 0 Å². The Morgan fingerprint density at radius 1 is 0.769 bits per heavy atom. The third kappa shape index (κ3) is 11.0. The molecule has 0 rings (SSSR count). The average molecular weight is 176 g/mol. The number of rotatable bonds is 6. The highest BCUT2D eigenvalue weighted by atomic mass is 13.8. The second kappa shape index (κ2) is 11.0. The van der Waals surface area contributed by atoms with Gasteiger partial charge in [0.15, 0.2) is 0 Å². The van der Waals surface area contributed by atoms with Crippen LogP contribution in [0.1, 0.15) is 33.1 Å². The van der Waals surface area contributed by atoms with Crippen LogP contribution in [0.3, 0.4) is 0 Å². The first kappa shape index (κ1) is 12.0. The minimum atomic E-state index is 1.03. The van der Waals surface area contributed by atoms with Gasteiger partial charge in [0, 0.05) is 0 Å². The Morgan fingerprint density at radius 2 is 1.38 bits per heavy atom.